The van der Waals surface area contributed by atoms with Gasteiger partial charge < -0.3 is 5.32 Å². The van der Waals surface area contributed by atoms with Crippen molar-refractivity contribution in [2.45, 2.75) is 0 Å². The maximum Gasteiger partial charge on any atom is 0.148 e. The number of pyridine rings is 1. The minimum atomic E-state index is -0.556. The van der Waals surface area contributed by atoms with Gasteiger partial charge in [0.1, 0.15) is 22.1 Å². The van der Waals surface area contributed by atoms with Gasteiger partial charge in [-0.1, -0.05) is 6.07 Å². The number of hydrogen-bond acceptors (Lipinski definition) is 2. The average molecular weight is 364 g/mol. The van der Waals surface area contributed by atoms with Gasteiger partial charge in [-0.05, 0) is 50.1 Å². The molecular weight excluding hydrogens is 358 g/mol. The maximum atomic E-state index is 13.5. The first-order valence-electron chi connectivity index (χ1n) is 4.60. The van der Waals surface area contributed by atoms with Gasteiger partial charge in [0, 0.05) is 6.07 Å². The van der Waals surface area contributed by atoms with Crippen molar-refractivity contribution in [2.75, 3.05) is 5.32 Å². The van der Waals surface area contributed by atoms with Gasteiger partial charge in [-0.15, -0.1) is 0 Å². The van der Waals surface area contributed by atoms with Crippen LogP contribution in [-0.2, 0) is 0 Å². The van der Waals surface area contributed by atoms with Crippen LogP contribution in [0.15, 0.2) is 39.4 Å². The predicted octanol–water partition coefficient (Wildman–Crippen LogP) is 4.63. The molecule has 6 heteroatoms. The van der Waals surface area contributed by atoms with Gasteiger partial charge in [0.25, 0.3) is 0 Å². The van der Waals surface area contributed by atoms with Crippen LogP contribution in [0.1, 0.15) is 0 Å². The summed E-state index contributed by atoms with van der Waals surface area (Å²) in [6.45, 7) is 0. The van der Waals surface area contributed by atoms with Crippen LogP contribution in [0.25, 0.3) is 0 Å². The van der Waals surface area contributed by atoms with Crippen LogP contribution in [-0.4, -0.2) is 4.98 Å². The average Bonchev–Trinajstić information content (AvgIpc) is 2.26. The first-order chi connectivity index (χ1) is 8.06. The van der Waals surface area contributed by atoms with E-state index in [-0.39, 0.29) is 10.2 Å². The van der Waals surface area contributed by atoms with Gasteiger partial charge in [-0.2, -0.15) is 0 Å². The third-order valence-corrected chi connectivity index (χ3v) is 3.04. The summed E-state index contributed by atoms with van der Waals surface area (Å²) in [5, 5.41) is 2.70. The molecule has 2 aromatic rings. The molecule has 0 saturated carbocycles. The lowest BCUT2D eigenvalue weighted by Gasteiger charge is -2.07. The zero-order chi connectivity index (χ0) is 12.4. The monoisotopic (exact) mass is 362 g/mol. The molecule has 1 N–H and O–H groups in total. The molecule has 88 valence electrons. The van der Waals surface area contributed by atoms with E-state index < -0.39 is 11.6 Å². The molecule has 0 aliphatic carbocycles. The molecule has 17 heavy (non-hydrogen) atoms. The number of halogens is 4. The maximum absolute atomic E-state index is 13.5. The Labute approximate surface area is 113 Å². The zero-order valence-electron chi connectivity index (χ0n) is 8.35. The fourth-order valence-electron chi connectivity index (χ4n) is 1.23. The molecule has 0 amide bonds. The molecule has 0 radical (unpaired) electrons. The number of aromatic nitrogens is 1. The van der Waals surface area contributed by atoms with Crippen LogP contribution in [0.3, 0.4) is 0 Å². The summed E-state index contributed by atoms with van der Waals surface area (Å²) in [6.07, 6.45) is 0. The highest BCUT2D eigenvalue weighted by Gasteiger charge is 2.08. The minimum Gasteiger partial charge on any atom is -0.338 e. The Hall–Kier alpha value is -1.01. The lowest BCUT2D eigenvalue weighted by molar-refractivity contribution is 0.597. The third kappa shape index (κ3) is 3.01. The normalized spacial score (nSPS) is 10.4. The Morgan fingerprint density at radius 2 is 1.82 bits per heavy atom. The van der Waals surface area contributed by atoms with E-state index in [9.17, 15) is 8.78 Å². The Morgan fingerprint density at radius 1 is 1.06 bits per heavy atom. The molecule has 0 unspecified atom stereocenters. The molecular formula is C11H6Br2F2N2. The summed E-state index contributed by atoms with van der Waals surface area (Å²) in [5.74, 6) is -0.663. The van der Waals surface area contributed by atoms with Crippen molar-refractivity contribution in [3.05, 3.63) is 51.0 Å². The van der Waals surface area contributed by atoms with Crippen LogP contribution < -0.4 is 5.32 Å². The number of hydrogen-bond donors (Lipinski definition) is 1. The van der Waals surface area contributed by atoms with E-state index in [0.717, 1.165) is 12.1 Å². The van der Waals surface area contributed by atoms with Crippen LogP contribution in [0.2, 0.25) is 0 Å². The molecule has 2 rings (SSSR count). The molecule has 0 aliphatic rings. The van der Waals surface area contributed by atoms with E-state index in [4.69, 9.17) is 0 Å². The van der Waals surface area contributed by atoms with Crippen molar-refractivity contribution in [3.8, 4) is 0 Å². The van der Waals surface area contributed by atoms with Gasteiger partial charge >= 0.3 is 0 Å². The number of nitrogens with one attached hydrogen (secondary N) is 1. The molecule has 0 saturated heterocycles. The molecule has 0 fully saturated rings. The summed E-state index contributed by atoms with van der Waals surface area (Å²) in [5.41, 5.74) is 0.0382. The van der Waals surface area contributed by atoms with Gasteiger partial charge in [0.15, 0.2) is 0 Å². The largest absolute Gasteiger partial charge is 0.338 e. The van der Waals surface area contributed by atoms with Crippen LogP contribution >= 0.6 is 31.9 Å². The molecule has 1 aromatic carbocycles. The second kappa shape index (κ2) is 5.10. The van der Waals surface area contributed by atoms with Gasteiger partial charge in [-0.25, -0.2) is 13.8 Å². The fraction of sp³-hybridized carbons (Fsp3) is 0. The summed E-state index contributed by atoms with van der Waals surface area (Å²) in [4.78, 5) is 4.07. The third-order valence-electron chi connectivity index (χ3n) is 1.99. The second-order valence-corrected chi connectivity index (χ2v) is 4.88. The van der Waals surface area contributed by atoms with Gasteiger partial charge in [0.2, 0.25) is 0 Å². The van der Waals surface area contributed by atoms with Crippen molar-refractivity contribution in [1.29, 1.82) is 0 Å². The molecule has 0 spiro atoms. The molecule has 1 aromatic heterocycles. The topological polar surface area (TPSA) is 24.9 Å². The number of nitrogens with zero attached hydrogens (tertiary/aromatic N) is 1. The first kappa shape index (κ1) is 12.4. The molecule has 0 bridgehead atoms. The van der Waals surface area contributed by atoms with E-state index in [2.05, 4.69) is 42.2 Å². The first-order valence-corrected chi connectivity index (χ1v) is 6.19. The Balaban J connectivity index is 2.33. The Morgan fingerprint density at radius 3 is 2.53 bits per heavy atom. The number of benzene rings is 1. The van der Waals surface area contributed by atoms with Crippen LogP contribution in [0, 0.1) is 11.6 Å². The number of rotatable bonds is 2. The summed E-state index contributed by atoms with van der Waals surface area (Å²) in [6, 6.07) is 7.28. The van der Waals surface area contributed by atoms with Crippen LogP contribution in [0.4, 0.5) is 20.3 Å². The van der Waals surface area contributed by atoms with Crippen molar-refractivity contribution in [1.82, 2.24) is 4.98 Å². The molecule has 0 aliphatic heterocycles. The summed E-state index contributed by atoms with van der Waals surface area (Å²) in [7, 11) is 0. The lowest BCUT2D eigenvalue weighted by Crippen LogP contribution is -1.97. The van der Waals surface area contributed by atoms with Crippen LogP contribution in [0.5, 0.6) is 0 Å². The van der Waals surface area contributed by atoms with Gasteiger partial charge in [0.05, 0.1) is 10.2 Å². The van der Waals surface area contributed by atoms with E-state index in [1.807, 2.05) is 0 Å². The van der Waals surface area contributed by atoms with E-state index >= 15 is 0 Å². The van der Waals surface area contributed by atoms with E-state index in [0.29, 0.717) is 10.4 Å². The van der Waals surface area contributed by atoms with Crippen molar-refractivity contribution in [2.24, 2.45) is 0 Å². The standard InChI is InChI=1S/C11H6Br2F2N2/c12-6-4-8(15)9(5-7(6)14)16-11-3-1-2-10(13)17-11/h1-5H,(H,16,17). The zero-order valence-corrected chi connectivity index (χ0v) is 11.5. The summed E-state index contributed by atoms with van der Waals surface area (Å²) >= 11 is 6.10. The van der Waals surface area contributed by atoms with E-state index in [1.54, 1.807) is 18.2 Å². The van der Waals surface area contributed by atoms with Crippen molar-refractivity contribution >= 4 is 43.4 Å². The van der Waals surface area contributed by atoms with Crippen molar-refractivity contribution < 1.29 is 8.78 Å². The predicted molar refractivity (Wildman–Crippen MR) is 69.3 cm³/mol. The highest BCUT2D eigenvalue weighted by Crippen LogP contribution is 2.25. The smallest absolute Gasteiger partial charge is 0.148 e. The fourth-order valence-corrected chi connectivity index (χ4v) is 1.89. The molecule has 2 nitrogen and oxygen atoms in total. The highest BCUT2D eigenvalue weighted by molar-refractivity contribution is 9.10. The van der Waals surface area contributed by atoms with Crippen molar-refractivity contribution in [3.63, 3.8) is 0 Å². The molecule has 1 heterocycles. The number of anilines is 2. The second-order valence-electron chi connectivity index (χ2n) is 3.22. The molecule has 0 atom stereocenters. The van der Waals surface area contributed by atoms with Gasteiger partial charge in [-0.3, -0.25) is 0 Å². The SMILES string of the molecule is Fc1cc(Nc2cccc(Br)n2)c(F)cc1Br. The Bertz CT molecular complexity index is 561. The summed E-state index contributed by atoms with van der Waals surface area (Å²) < 4.78 is 27.5. The minimum absolute atomic E-state index is 0.0382. The Kier molecular flexibility index (Phi) is 3.73. The quantitative estimate of drug-likeness (QED) is 0.621. The lowest BCUT2D eigenvalue weighted by atomic mass is 10.3. The van der Waals surface area contributed by atoms with E-state index in [1.165, 1.54) is 0 Å². The highest BCUT2D eigenvalue weighted by atomic mass is 79.9.